The maximum absolute atomic E-state index is 14.0. The summed E-state index contributed by atoms with van der Waals surface area (Å²) in [6.45, 7) is 1.20. The molecule has 1 aromatic heterocycles. The van der Waals surface area contributed by atoms with E-state index in [1.54, 1.807) is 6.07 Å². The number of hydrogen-bond donors (Lipinski definition) is 3. The zero-order chi connectivity index (χ0) is 17.7. The highest BCUT2D eigenvalue weighted by Gasteiger charge is 2.11. The topological polar surface area (TPSA) is 109 Å². The van der Waals surface area contributed by atoms with Gasteiger partial charge in [-0.2, -0.15) is 0 Å². The lowest BCUT2D eigenvalue weighted by Crippen LogP contribution is -2.35. The summed E-state index contributed by atoms with van der Waals surface area (Å²) in [4.78, 5) is 25.9. The van der Waals surface area contributed by atoms with Crippen LogP contribution in [0.1, 0.15) is 23.7 Å². The Hall–Kier alpha value is -2.23. The molecule has 0 fully saturated rings. The number of nitrogens with zero attached hydrogens (tertiary/aromatic N) is 2. The molecule has 0 aliphatic heterocycles. The van der Waals surface area contributed by atoms with E-state index in [1.807, 2.05) is 5.38 Å². The van der Waals surface area contributed by atoms with Crippen LogP contribution in [0.2, 0.25) is 0 Å². The molecule has 0 saturated heterocycles. The number of aromatic nitrogens is 1. The quantitative estimate of drug-likeness (QED) is 0.400. The normalized spacial score (nSPS) is 10.0. The van der Waals surface area contributed by atoms with Crippen molar-refractivity contribution in [3.63, 3.8) is 0 Å². The van der Waals surface area contributed by atoms with Gasteiger partial charge in [0.2, 0.25) is 5.91 Å². The minimum absolute atomic E-state index is 0. The number of hydrazine groups is 1. The first-order valence-electron chi connectivity index (χ1n) is 7.09. The van der Waals surface area contributed by atoms with Crippen molar-refractivity contribution in [2.24, 2.45) is 5.84 Å². The maximum Gasteiger partial charge on any atom is 0.421 e. The molecule has 0 aliphatic rings. The average molecular weight is 389 g/mol. The predicted octanol–water partition coefficient (Wildman–Crippen LogP) is 2.80. The van der Waals surface area contributed by atoms with E-state index in [9.17, 15) is 14.0 Å². The number of nitrogens with one attached hydrogen (secondary N) is 1. The average Bonchev–Trinajstić information content (AvgIpc) is 2.94. The largest absolute Gasteiger partial charge is 0.464 e. The zero-order valence-corrected chi connectivity index (χ0v) is 15.0. The molecule has 1 aromatic carbocycles. The standard InChI is InChI=1S/C15H17FN4O3S.ClH/c1-9(21)18-14-19-12(8-24-14)5-3-10-2-4-11(13(16)6-10)7-20(17)15(22)23;/h2,4,6,8H,3,5,7,17H2,1H3,(H,22,23)(H,18,19,21);1H. The predicted molar refractivity (Wildman–Crippen MR) is 95.2 cm³/mol. The Morgan fingerprint density at radius 1 is 1.40 bits per heavy atom. The van der Waals surface area contributed by atoms with Crippen LogP contribution in [0.4, 0.5) is 14.3 Å². The number of benzene rings is 1. The molecule has 2 rings (SSSR count). The molecule has 2 aromatic rings. The SMILES string of the molecule is CC(=O)Nc1nc(CCc2ccc(CN(N)C(=O)O)c(F)c2)cs1.Cl. The molecule has 0 radical (unpaired) electrons. The molecule has 136 valence electrons. The van der Waals surface area contributed by atoms with Crippen molar-refractivity contribution in [1.29, 1.82) is 0 Å². The number of rotatable bonds is 6. The lowest BCUT2D eigenvalue weighted by molar-refractivity contribution is -0.114. The van der Waals surface area contributed by atoms with Crippen molar-refractivity contribution in [3.8, 4) is 0 Å². The third kappa shape index (κ3) is 6.29. The van der Waals surface area contributed by atoms with Gasteiger partial charge in [0.05, 0.1) is 12.2 Å². The van der Waals surface area contributed by atoms with Crippen LogP contribution < -0.4 is 11.2 Å². The first kappa shape index (κ1) is 20.8. The van der Waals surface area contributed by atoms with Gasteiger partial charge in [-0.1, -0.05) is 12.1 Å². The Morgan fingerprint density at radius 3 is 2.72 bits per heavy atom. The van der Waals surface area contributed by atoms with Gasteiger partial charge in [0.15, 0.2) is 5.13 Å². The van der Waals surface area contributed by atoms with Crippen LogP contribution in [-0.2, 0) is 24.2 Å². The van der Waals surface area contributed by atoms with E-state index in [0.29, 0.717) is 23.0 Å². The monoisotopic (exact) mass is 388 g/mol. The summed E-state index contributed by atoms with van der Waals surface area (Å²) in [6.07, 6.45) is -0.143. The van der Waals surface area contributed by atoms with Crippen LogP contribution in [0.25, 0.3) is 0 Å². The Morgan fingerprint density at radius 2 is 2.12 bits per heavy atom. The number of carbonyl (C=O) groups excluding carboxylic acids is 1. The van der Waals surface area contributed by atoms with Crippen molar-refractivity contribution in [2.45, 2.75) is 26.3 Å². The van der Waals surface area contributed by atoms with Gasteiger partial charge in [0.25, 0.3) is 0 Å². The second kappa shape index (κ2) is 9.30. The van der Waals surface area contributed by atoms with Crippen LogP contribution in [0.3, 0.4) is 0 Å². The van der Waals surface area contributed by atoms with Crippen LogP contribution in [0.5, 0.6) is 0 Å². The van der Waals surface area contributed by atoms with Gasteiger partial charge in [0, 0.05) is 17.9 Å². The van der Waals surface area contributed by atoms with Gasteiger partial charge in [-0.05, 0) is 24.5 Å². The molecule has 0 spiro atoms. The minimum Gasteiger partial charge on any atom is -0.464 e. The molecule has 1 heterocycles. The summed E-state index contributed by atoms with van der Waals surface area (Å²) in [5.74, 6) is 4.58. The fourth-order valence-corrected chi connectivity index (χ4v) is 2.82. The third-order valence-electron chi connectivity index (χ3n) is 3.21. The Balaban J connectivity index is 0.00000312. The van der Waals surface area contributed by atoms with E-state index >= 15 is 0 Å². The van der Waals surface area contributed by atoms with Gasteiger partial charge < -0.3 is 10.4 Å². The molecule has 7 nitrogen and oxygen atoms in total. The van der Waals surface area contributed by atoms with Crippen molar-refractivity contribution < 1.29 is 19.1 Å². The number of aryl methyl sites for hydroxylation is 2. The molecule has 0 saturated carbocycles. The lowest BCUT2D eigenvalue weighted by atomic mass is 10.1. The fraction of sp³-hybridized carbons (Fsp3) is 0.267. The molecule has 0 bridgehead atoms. The van der Waals surface area contributed by atoms with Crippen molar-refractivity contribution in [2.75, 3.05) is 5.32 Å². The second-order valence-corrected chi connectivity index (χ2v) is 6.02. The molecule has 25 heavy (non-hydrogen) atoms. The second-order valence-electron chi connectivity index (χ2n) is 5.16. The van der Waals surface area contributed by atoms with Gasteiger partial charge in [-0.15, -0.1) is 23.7 Å². The summed E-state index contributed by atoms with van der Waals surface area (Å²) in [5, 5.41) is 14.2. The highest BCUT2D eigenvalue weighted by molar-refractivity contribution is 7.13. The minimum atomic E-state index is -1.32. The zero-order valence-electron chi connectivity index (χ0n) is 13.4. The van der Waals surface area contributed by atoms with Gasteiger partial charge >= 0.3 is 6.09 Å². The summed E-state index contributed by atoms with van der Waals surface area (Å²) in [6, 6.07) is 4.62. The number of thiazole rings is 1. The Labute approximate surface area is 154 Å². The molecule has 2 amide bonds. The van der Waals surface area contributed by atoms with Crippen molar-refractivity contribution >= 4 is 40.9 Å². The number of carboxylic acid groups (broad SMARTS) is 1. The molecule has 0 atom stereocenters. The van der Waals surface area contributed by atoms with E-state index in [4.69, 9.17) is 10.9 Å². The molecular formula is C15H18ClFN4O3S. The van der Waals surface area contributed by atoms with Gasteiger partial charge in [-0.3, -0.25) is 4.79 Å². The Kier molecular flexibility index (Phi) is 7.75. The molecule has 4 N–H and O–H groups in total. The van der Waals surface area contributed by atoms with Crippen LogP contribution in [0, 0.1) is 5.82 Å². The van der Waals surface area contributed by atoms with Crippen LogP contribution >= 0.6 is 23.7 Å². The molecular weight excluding hydrogens is 371 g/mol. The highest BCUT2D eigenvalue weighted by atomic mass is 35.5. The summed E-state index contributed by atoms with van der Waals surface area (Å²) in [7, 11) is 0. The van der Waals surface area contributed by atoms with E-state index < -0.39 is 11.9 Å². The molecule has 10 heteroatoms. The molecule has 0 unspecified atom stereocenters. The summed E-state index contributed by atoms with van der Waals surface area (Å²) in [5.41, 5.74) is 1.79. The molecule has 0 aliphatic carbocycles. The van der Waals surface area contributed by atoms with Crippen LogP contribution in [0.15, 0.2) is 23.6 Å². The van der Waals surface area contributed by atoms with E-state index in [1.165, 1.54) is 30.4 Å². The van der Waals surface area contributed by atoms with E-state index in [0.717, 1.165) is 11.3 Å². The van der Waals surface area contributed by atoms with Crippen molar-refractivity contribution in [1.82, 2.24) is 9.99 Å². The Bertz CT molecular complexity index is 756. The number of amides is 2. The number of nitrogens with two attached hydrogens (primary N) is 1. The number of halogens is 2. The van der Waals surface area contributed by atoms with Gasteiger partial charge in [0.1, 0.15) is 5.82 Å². The maximum atomic E-state index is 14.0. The summed E-state index contributed by atoms with van der Waals surface area (Å²) < 4.78 is 14.0. The van der Waals surface area contributed by atoms with Crippen LogP contribution in [-0.4, -0.2) is 27.1 Å². The van der Waals surface area contributed by atoms with Crippen molar-refractivity contribution in [3.05, 3.63) is 46.2 Å². The number of hydrogen-bond acceptors (Lipinski definition) is 5. The smallest absolute Gasteiger partial charge is 0.421 e. The van der Waals surface area contributed by atoms with E-state index in [2.05, 4.69) is 10.3 Å². The third-order valence-corrected chi connectivity index (χ3v) is 4.01. The number of carbonyl (C=O) groups is 2. The first-order chi connectivity index (χ1) is 11.3. The lowest BCUT2D eigenvalue weighted by Gasteiger charge is -2.13. The van der Waals surface area contributed by atoms with E-state index in [-0.39, 0.29) is 30.4 Å². The summed E-state index contributed by atoms with van der Waals surface area (Å²) >= 11 is 1.34. The fourth-order valence-electron chi connectivity index (χ4n) is 2.03. The van der Waals surface area contributed by atoms with Gasteiger partial charge in [-0.25, -0.2) is 25.0 Å². The number of anilines is 1. The highest BCUT2D eigenvalue weighted by Crippen LogP contribution is 2.18. The first-order valence-corrected chi connectivity index (χ1v) is 7.97.